The largest absolute Gasteiger partial charge is 0.291 e. The zero-order valence-electron chi connectivity index (χ0n) is 13.4. The number of para-hydroxylation sites is 1. The van der Waals surface area contributed by atoms with Crippen LogP contribution in [0.25, 0.3) is 0 Å². The molecule has 6 heteroatoms. The van der Waals surface area contributed by atoms with Crippen LogP contribution in [0.1, 0.15) is 6.92 Å². The molecule has 0 radical (unpaired) electrons. The molecule has 0 N–H and O–H groups in total. The number of hydrogen-bond donors (Lipinski definition) is 0. The molecule has 0 unspecified atom stereocenters. The number of aliphatic imine (C=N–C) groups is 1. The van der Waals surface area contributed by atoms with Crippen LogP contribution < -0.4 is 5.01 Å². The molecular formula is C17H20N4OS. The van der Waals surface area contributed by atoms with Crippen LogP contribution >= 0.6 is 11.8 Å². The van der Waals surface area contributed by atoms with Crippen molar-refractivity contribution in [3.63, 3.8) is 0 Å². The van der Waals surface area contributed by atoms with Crippen molar-refractivity contribution in [3.8, 4) is 0 Å². The Morgan fingerprint density at radius 1 is 1.35 bits per heavy atom. The van der Waals surface area contributed by atoms with Gasteiger partial charge >= 0.3 is 0 Å². The number of nitrogens with zero attached hydrogens (tertiary/aromatic N) is 4. The number of thioether (sulfide) groups is 1. The van der Waals surface area contributed by atoms with Crippen LogP contribution in [-0.2, 0) is 4.79 Å². The molecule has 1 saturated heterocycles. The van der Waals surface area contributed by atoms with Gasteiger partial charge in [-0.05, 0) is 19.1 Å². The summed E-state index contributed by atoms with van der Waals surface area (Å²) in [5.41, 5.74) is 3.21. The maximum Gasteiger partial charge on any atom is 0.239 e. The summed E-state index contributed by atoms with van der Waals surface area (Å²) in [5, 5.41) is 5.05. The van der Waals surface area contributed by atoms with E-state index in [-0.39, 0.29) is 5.91 Å². The number of carbonyl (C=O) groups excluding carboxylic acids is 1. The molecule has 1 amide bonds. The lowest BCUT2D eigenvalue weighted by atomic mass is 10.3. The molecule has 0 atom stereocenters. The fourth-order valence-electron chi connectivity index (χ4n) is 2.62. The molecule has 0 saturated carbocycles. The van der Waals surface area contributed by atoms with E-state index in [1.54, 1.807) is 11.0 Å². The van der Waals surface area contributed by atoms with Gasteiger partial charge in [0.1, 0.15) is 0 Å². The zero-order valence-corrected chi connectivity index (χ0v) is 14.2. The Labute approximate surface area is 140 Å². The molecule has 2 heterocycles. The SMILES string of the molecule is C=CCN1C(=O)CSC1=NC1=C(C)N(C)N(c2ccccc2)C1. The van der Waals surface area contributed by atoms with Crippen LogP contribution in [0.3, 0.4) is 0 Å². The van der Waals surface area contributed by atoms with Gasteiger partial charge in [-0.25, -0.2) is 4.99 Å². The first-order chi connectivity index (χ1) is 11.1. The molecule has 0 bridgehead atoms. The first kappa shape index (κ1) is 15.7. The maximum absolute atomic E-state index is 11.9. The van der Waals surface area contributed by atoms with Gasteiger partial charge in [-0.1, -0.05) is 36.0 Å². The van der Waals surface area contributed by atoms with Crippen LogP contribution in [0.4, 0.5) is 5.69 Å². The molecule has 2 aliphatic rings. The lowest BCUT2D eigenvalue weighted by Gasteiger charge is -2.29. The number of amides is 1. The fourth-order valence-corrected chi connectivity index (χ4v) is 3.53. The van der Waals surface area contributed by atoms with Crippen molar-refractivity contribution in [1.29, 1.82) is 0 Å². The smallest absolute Gasteiger partial charge is 0.239 e. The second-order valence-electron chi connectivity index (χ2n) is 5.42. The molecular weight excluding hydrogens is 308 g/mol. The molecule has 23 heavy (non-hydrogen) atoms. The highest BCUT2D eigenvalue weighted by atomic mass is 32.2. The van der Waals surface area contributed by atoms with E-state index in [1.165, 1.54) is 11.8 Å². The Hall–Kier alpha value is -2.21. The summed E-state index contributed by atoms with van der Waals surface area (Å²) in [5.74, 6) is 0.551. The summed E-state index contributed by atoms with van der Waals surface area (Å²) in [6.07, 6.45) is 1.73. The van der Waals surface area contributed by atoms with Crippen molar-refractivity contribution >= 4 is 28.5 Å². The maximum atomic E-state index is 11.9. The quantitative estimate of drug-likeness (QED) is 0.797. The Bertz CT molecular complexity index is 683. The third-order valence-electron chi connectivity index (χ3n) is 4.02. The van der Waals surface area contributed by atoms with Gasteiger partial charge in [0.25, 0.3) is 0 Å². The minimum Gasteiger partial charge on any atom is -0.291 e. The summed E-state index contributed by atoms with van der Waals surface area (Å²) in [4.78, 5) is 18.4. The Kier molecular flexibility index (Phi) is 4.43. The second-order valence-corrected chi connectivity index (χ2v) is 6.37. The van der Waals surface area contributed by atoms with Gasteiger partial charge in [0.2, 0.25) is 5.91 Å². The summed E-state index contributed by atoms with van der Waals surface area (Å²) in [6, 6.07) is 10.2. The van der Waals surface area contributed by atoms with E-state index in [0.29, 0.717) is 18.8 Å². The number of benzene rings is 1. The molecule has 2 aliphatic heterocycles. The number of carbonyl (C=O) groups is 1. The molecule has 0 spiro atoms. The number of amidine groups is 1. The number of hydrogen-bond acceptors (Lipinski definition) is 5. The third kappa shape index (κ3) is 2.99. The van der Waals surface area contributed by atoms with Gasteiger partial charge in [0, 0.05) is 13.6 Å². The fraction of sp³-hybridized carbons (Fsp3) is 0.294. The van der Waals surface area contributed by atoms with Crippen molar-refractivity contribution in [1.82, 2.24) is 9.91 Å². The number of hydrazine groups is 1. The van der Waals surface area contributed by atoms with Crippen LogP contribution in [0.2, 0.25) is 0 Å². The highest BCUT2D eigenvalue weighted by molar-refractivity contribution is 8.15. The zero-order chi connectivity index (χ0) is 16.4. The number of anilines is 1. The predicted octanol–water partition coefficient (Wildman–Crippen LogP) is 2.70. The Balaban J connectivity index is 1.84. The molecule has 0 aliphatic carbocycles. The van der Waals surface area contributed by atoms with E-state index in [0.717, 1.165) is 22.2 Å². The van der Waals surface area contributed by atoms with Crippen LogP contribution in [0, 0.1) is 0 Å². The van der Waals surface area contributed by atoms with E-state index in [9.17, 15) is 4.79 Å². The van der Waals surface area contributed by atoms with Crippen LogP contribution in [-0.4, -0.2) is 46.9 Å². The lowest BCUT2D eigenvalue weighted by Crippen LogP contribution is -2.33. The standard InChI is InChI=1S/C17H20N4OS/c1-4-10-20-16(22)12-23-17(20)18-15-11-21(19(3)13(15)2)14-8-6-5-7-9-14/h4-9H,1,10-12H2,2-3H3. The molecule has 1 fully saturated rings. The lowest BCUT2D eigenvalue weighted by molar-refractivity contribution is -0.123. The summed E-state index contributed by atoms with van der Waals surface area (Å²) in [6.45, 7) is 6.98. The molecule has 0 aromatic heterocycles. The summed E-state index contributed by atoms with van der Waals surface area (Å²) in [7, 11) is 2.03. The molecule has 1 aromatic carbocycles. The molecule has 3 rings (SSSR count). The van der Waals surface area contributed by atoms with Gasteiger partial charge in [0.05, 0.1) is 29.4 Å². The average Bonchev–Trinajstić information content (AvgIpc) is 3.05. The Morgan fingerprint density at radius 3 is 2.78 bits per heavy atom. The topological polar surface area (TPSA) is 39.2 Å². The third-order valence-corrected chi connectivity index (χ3v) is 4.98. The van der Waals surface area contributed by atoms with Crippen molar-refractivity contribution in [2.75, 3.05) is 30.9 Å². The van der Waals surface area contributed by atoms with Crippen LogP contribution in [0.15, 0.2) is 59.4 Å². The summed E-state index contributed by atoms with van der Waals surface area (Å²) < 4.78 is 0. The summed E-state index contributed by atoms with van der Waals surface area (Å²) >= 11 is 1.49. The van der Waals surface area contributed by atoms with E-state index in [1.807, 2.05) is 25.2 Å². The highest BCUT2D eigenvalue weighted by Gasteiger charge is 2.30. The van der Waals surface area contributed by atoms with Crippen molar-refractivity contribution < 1.29 is 4.79 Å². The minimum atomic E-state index is 0.0955. The molecule has 120 valence electrons. The Morgan fingerprint density at radius 2 is 2.09 bits per heavy atom. The second kappa shape index (κ2) is 6.50. The number of rotatable bonds is 4. The molecule has 5 nitrogen and oxygen atoms in total. The van der Waals surface area contributed by atoms with E-state index in [4.69, 9.17) is 4.99 Å². The van der Waals surface area contributed by atoms with Crippen LogP contribution in [0.5, 0.6) is 0 Å². The van der Waals surface area contributed by atoms with Gasteiger partial charge in [-0.2, -0.15) is 0 Å². The van der Waals surface area contributed by atoms with Gasteiger partial charge < -0.3 is 0 Å². The van der Waals surface area contributed by atoms with Gasteiger partial charge in [-0.15, -0.1) is 6.58 Å². The minimum absolute atomic E-state index is 0.0955. The average molecular weight is 328 g/mol. The van der Waals surface area contributed by atoms with Crippen molar-refractivity contribution in [2.45, 2.75) is 6.92 Å². The normalized spacial score (nSPS) is 20.2. The monoisotopic (exact) mass is 328 g/mol. The predicted molar refractivity (Wildman–Crippen MR) is 96.1 cm³/mol. The van der Waals surface area contributed by atoms with E-state index >= 15 is 0 Å². The highest BCUT2D eigenvalue weighted by Crippen LogP contribution is 2.30. The number of allylic oxidation sites excluding steroid dienone is 1. The van der Waals surface area contributed by atoms with Gasteiger partial charge in [-0.3, -0.25) is 19.7 Å². The van der Waals surface area contributed by atoms with E-state index < -0.39 is 0 Å². The van der Waals surface area contributed by atoms with Crippen molar-refractivity contribution in [2.24, 2.45) is 4.99 Å². The van der Waals surface area contributed by atoms with Gasteiger partial charge in [0.15, 0.2) is 5.17 Å². The first-order valence-corrected chi connectivity index (χ1v) is 8.49. The van der Waals surface area contributed by atoms with Crippen molar-refractivity contribution in [3.05, 3.63) is 54.4 Å². The van der Waals surface area contributed by atoms with E-state index in [2.05, 4.69) is 35.7 Å². The first-order valence-electron chi connectivity index (χ1n) is 7.50. The molecule has 1 aromatic rings.